The van der Waals surface area contributed by atoms with Gasteiger partial charge in [-0.25, -0.2) is 4.99 Å². The van der Waals surface area contributed by atoms with Gasteiger partial charge in [-0.2, -0.15) is 0 Å². The third-order valence-corrected chi connectivity index (χ3v) is 2.49. The van der Waals surface area contributed by atoms with Crippen molar-refractivity contribution in [3.05, 3.63) is 41.0 Å². The fourth-order valence-electron chi connectivity index (χ4n) is 1.74. The standard InChI is InChI=1S/C12H6N2O2.Ru/c15-9-6-8-4-3-7-2-1-5-13-10(7)11(8)14-12(9)16;/h1-6H;. The number of rotatable bonds is 0. The summed E-state index contributed by atoms with van der Waals surface area (Å²) in [5.74, 6) is -1.31. The molecule has 0 spiro atoms. The Labute approximate surface area is 109 Å². The van der Waals surface area contributed by atoms with Crippen molar-refractivity contribution in [1.82, 2.24) is 4.98 Å². The first-order valence-corrected chi connectivity index (χ1v) is 4.78. The van der Waals surface area contributed by atoms with Crippen molar-refractivity contribution in [3.63, 3.8) is 0 Å². The predicted octanol–water partition coefficient (Wildman–Crippen LogP) is -0.258. The van der Waals surface area contributed by atoms with Gasteiger partial charge in [-0.3, -0.25) is 14.6 Å². The van der Waals surface area contributed by atoms with E-state index >= 15 is 0 Å². The molecule has 1 aliphatic heterocycles. The van der Waals surface area contributed by atoms with Crippen LogP contribution < -0.4 is 10.6 Å². The van der Waals surface area contributed by atoms with Gasteiger partial charge in [0.25, 0.3) is 0 Å². The molecule has 0 atom stereocenters. The number of nitrogens with zero attached hydrogens (tertiary/aromatic N) is 2. The summed E-state index contributed by atoms with van der Waals surface area (Å²) in [7, 11) is 0. The number of hydrogen-bond acceptors (Lipinski definition) is 3. The summed E-state index contributed by atoms with van der Waals surface area (Å²) in [5, 5.41) is 2.04. The van der Waals surface area contributed by atoms with Gasteiger partial charge in [-0.05, 0) is 6.07 Å². The van der Waals surface area contributed by atoms with Gasteiger partial charge in [-0.1, -0.05) is 18.2 Å². The fourth-order valence-corrected chi connectivity index (χ4v) is 1.74. The van der Waals surface area contributed by atoms with Gasteiger partial charge < -0.3 is 0 Å². The maximum absolute atomic E-state index is 11.2. The third kappa shape index (κ3) is 1.83. The van der Waals surface area contributed by atoms with Crippen LogP contribution in [-0.4, -0.2) is 16.7 Å². The van der Waals surface area contributed by atoms with Crippen molar-refractivity contribution in [1.29, 1.82) is 0 Å². The first-order valence-electron chi connectivity index (χ1n) is 4.78. The molecule has 2 aromatic rings. The van der Waals surface area contributed by atoms with E-state index in [4.69, 9.17) is 0 Å². The summed E-state index contributed by atoms with van der Waals surface area (Å²) >= 11 is 0. The van der Waals surface area contributed by atoms with Crippen molar-refractivity contribution < 1.29 is 29.1 Å². The second-order valence-corrected chi connectivity index (χ2v) is 3.50. The average Bonchev–Trinajstić information content (AvgIpc) is 2.31. The fraction of sp³-hybridized carbons (Fsp3) is 0. The van der Waals surface area contributed by atoms with Crippen LogP contribution in [0.4, 0.5) is 0 Å². The quantitative estimate of drug-likeness (QED) is 0.498. The van der Waals surface area contributed by atoms with Gasteiger partial charge >= 0.3 is 5.91 Å². The van der Waals surface area contributed by atoms with Crippen molar-refractivity contribution in [2.24, 2.45) is 4.99 Å². The molecule has 1 amide bonds. The average molecular weight is 311 g/mol. The number of carbonyl (C=O) groups is 2. The first kappa shape index (κ1) is 11.7. The Morgan fingerprint density at radius 3 is 2.71 bits per heavy atom. The predicted molar refractivity (Wildman–Crippen MR) is 57.0 cm³/mol. The van der Waals surface area contributed by atoms with Crippen molar-refractivity contribution >= 4 is 28.7 Å². The molecular formula is C12H6N2O2Ru. The summed E-state index contributed by atoms with van der Waals surface area (Å²) in [5.41, 5.74) is 0.650. The molecule has 84 valence electrons. The molecule has 0 aliphatic carbocycles. The minimum atomic E-state index is -0.731. The SMILES string of the molecule is O=C1C=c2ccc3cccnc3c2=NC1=O.[Ru]. The van der Waals surface area contributed by atoms with Crippen molar-refractivity contribution in [3.8, 4) is 0 Å². The number of amides is 1. The summed E-state index contributed by atoms with van der Waals surface area (Å²) in [4.78, 5) is 30.3. The molecule has 3 rings (SSSR count). The smallest absolute Gasteiger partial charge is 0.284 e. The first-order chi connectivity index (χ1) is 7.75. The van der Waals surface area contributed by atoms with Gasteiger partial charge in [0.2, 0.25) is 5.78 Å². The molecule has 0 saturated heterocycles. The molecule has 4 nitrogen and oxygen atoms in total. The largest absolute Gasteiger partial charge is 0.318 e. The normalized spacial score (nSPS) is 13.4. The summed E-state index contributed by atoms with van der Waals surface area (Å²) in [6.07, 6.45) is 2.94. The van der Waals surface area contributed by atoms with Crippen LogP contribution in [0.15, 0.2) is 35.5 Å². The number of carbonyl (C=O) groups excluding carboxylic acids is 2. The van der Waals surface area contributed by atoms with Gasteiger partial charge in [0, 0.05) is 42.4 Å². The molecule has 0 N–H and O–H groups in total. The molecule has 0 fully saturated rings. The summed E-state index contributed by atoms with van der Waals surface area (Å²) < 4.78 is 0. The van der Waals surface area contributed by atoms with E-state index in [0.29, 0.717) is 16.1 Å². The minimum Gasteiger partial charge on any atom is -0.284 e. The number of ketones is 1. The van der Waals surface area contributed by atoms with Crippen LogP contribution in [-0.2, 0) is 29.1 Å². The number of pyridine rings is 1. The zero-order chi connectivity index (χ0) is 11.1. The van der Waals surface area contributed by atoms with E-state index in [1.807, 2.05) is 18.2 Å². The van der Waals surface area contributed by atoms with Crippen molar-refractivity contribution in [2.45, 2.75) is 0 Å². The monoisotopic (exact) mass is 312 g/mol. The van der Waals surface area contributed by atoms with Crippen molar-refractivity contribution in [2.75, 3.05) is 0 Å². The summed E-state index contributed by atoms with van der Waals surface area (Å²) in [6, 6.07) is 7.33. The van der Waals surface area contributed by atoms with Crippen LogP contribution in [0.1, 0.15) is 0 Å². The Bertz CT molecular complexity index is 753. The van der Waals surface area contributed by atoms with Crippen LogP contribution in [0.25, 0.3) is 17.0 Å². The van der Waals surface area contributed by atoms with Gasteiger partial charge in [0.05, 0.1) is 5.52 Å². The second-order valence-electron chi connectivity index (χ2n) is 3.50. The molecule has 0 saturated carbocycles. The minimum absolute atomic E-state index is 0. The van der Waals surface area contributed by atoms with Crippen LogP contribution in [0.2, 0.25) is 0 Å². The molecule has 0 bridgehead atoms. The van der Waals surface area contributed by atoms with E-state index in [-0.39, 0.29) is 19.5 Å². The van der Waals surface area contributed by atoms with Gasteiger partial charge in [-0.15, -0.1) is 0 Å². The Balaban J connectivity index is 0.00000108. The Hall–Kier alpha value is -1.74. The zero-order valence-corrected chi connectivity index (χ0v) is 10.3. The number of benzene rings is 1. The van der Waals surface area contributed by atoms with Gasteiger partial charge in [0.15, 0.2) is 0 Å². The maximum Gasteiger partial charge on any atom is 0.318 e. The number of fused-ring (bicyclic) bond motifs is 3. The second kappa shape index (κ2) is 4.26. The molecule has 5 heteroatoms. The van der Waals surface area contributed by atoms with E-state index in [9.17, 15) is 9.59 Å². The molecular weight excluding hydrogens is 305 g/mol. The van der Waals surface area contributed by atoms with Gasteiger partial charge in [0.1, 0.15) is 5.36 Å². The Kier molecular flexibility index (Phi) is 2.94. The number of aromatic nitrogens is 1. The molecule has 0 unspecified atom stereocenters. The van der Waals surface area contributed by atoms with E-state index in [2.05, 4.69) is 9.98 Å². The van der Waals surface area contributed by atoms with Crippen LogP contribution in [0, 0.1) is 0 Å². The molecule has 1 aliphatic rings. The van der Waals surface area contributed by atoms with E-state index < -0.39 is 11.7 Å². The van der Waals surface area contributed by atoms with Crippen LogP contribution in [0.5, 0.6) is 0 Å². The molecule has 17 heavy (non-hydrogen) atoms. The molecule has 2 heterocycles. The summed E-state index contributed by atoms with van der Waals surface area (Å²) in [6.45, 7) is 0. The Morgan fingerprint density at radius 1 is 1.06 bits per heavy atom. The van der Waals surface area contributed by atoms with Crippen LogP contribution in [0.3, 0.4) is 0 Å². The number of hydrogen-bond donors (Lipinski definition) is 0. The maximum atomic E-state index is 11.2. The number of Topliss-reactive ketones (excluding diaryl/α,β-unsaturated/α-hetero) is 1. The van der Waals surface area contributed by atoms with E-state index in [1.54, 1.807) is 12.3 Å². The third-order valence-electron chi connectivity index (χ3n) is 2.49. The molecule has 1 aromatic heterocycles. The van der Waals surface area contributed by atoms with Crippen LogP contribution >= 0.6 is 0 Å². The molecule has 0 radical (unpaired) electrons. The molecule has 1 aromatic carbocycles. The zero-order valence-electron chi connectivity index (χ0n) is 8.53. The Morgan fingerprint density at radius 2 is 1.88 bits per heavy atom. The topological polar surface area (TPSA) is 59.4 Å². The van der Waals surface area contributed by atoms with E-state index in [0.717, 1.165) is 5.39 Å². The van der Waals surface area contributed by atoms with E-state index in [1.165, 1.54) is 6.08 Å².